The molecule has 2 aromatic carbocycles. The van der Waals surface area contributed by atoms with Crippen LogP contribution in [-0.2, 0) is 6.42 Å². The van der Waals surface area contributed by atoms with E-state index in [1.165, 1.54) is 11.1 Å². The zero-order valence-electron chi connectivity index (χ0n) is 10.1. The maximum Gasteiger partial charge on any atom is 0.122 e. The number of phenolic OH excluding ortho intramolecular Hbond substituents is 1. The van der Waals surface area contributed by atoms with Crippen LogP contribution in [0.15, 0.2) is 42.5 Å². The van der Waals surface area contributed by atoms with Gasteiger partial charge in [-0.15, -0.1) is 0 Å². The Balaban J connectivity index is 2.08. The SMILES string of the molecule is Nc1ccc(C2NCCc3ccccc32)c(O)c1. The van der Waals surface area contributed by atoms with Crippen LogP contribution in [0.5, 0.6) is 5.75 Å². The van der Waals surface area contributed by atoms with Gasteiger partial charge in [0.25, 0.3) is 0 Å². The van der Waals surface area contributed by atoms with Gasteiger partial charge in [-0.2, -0.15) is 0 Å². The third kappa shape index (κ3) is 1.83. The molecule has 0 aromatic heterocycles. The zero-order chi connectivity index (χ0) is 12.5. The molecule has 0 saturated heterocycles. The average molecular weight is 240 g/mol. The molecule has 1 heterocycles. The molecule has 18 heavy (non-hydrogen) atoms. The molecule has 0 bridgehead atoms. The molecule has 1 unspecified atom stereocenters. The van der Waals surface area contributed by atoms with E-state index >= 15 is 0 Å². The second-order valence-corrected chi connectivity index (χ2v) is 4.65. The number of fused-ring (bicyclic) bond motifs is 1. The first-order valence-electron chi connectivity index (χ1n) is 6.15. The number of benzene rings is 2. The summed E-state index contributed by atoms with van der Waals surface area (Å²) in [5.41, 5.74) is 9.72. The molecule has 1 atom stereocenters. The maximum absolute atomic E-state index is 10.0. The van der Waals surface area contributed by atoms with E-state index in [-0.39, 0.29) is 11.8 Å². The molecular weight excluding hydrogens is 224 g/mol. The van der Waals surface area contributed by atoms with E-state index in [9.17, 15) is 5.11 Å². The summed E-state index contributed by atoms with van der Waals surface area (Å²) in [6.45, 7) is 0.922. The van der Waals surface area contributed by atoms with Crippen LogP contribution in [0.2, 0.25) is 0 Å². The minimum Gasteiger partial charge on any atom is -0.508 e. The Labute approximate surface area is 106 Å². The lowest BCUT2D eigenvalue weighted by Gasteiger charge is -2.27. The quantitative estimate of drug-likeness (QED) is 0.670. The summed E-state index contributed by atoms with van der Waals surface area (Å²) in [7, 11) is 0. The molecule has 0 spiro atoms. The van der Waals surface area contributed by atoms with Crippen LogP contribution in [0.1, 0.15) is 22.7 Å². The number of nitrogens with one attached hydrogen (secondary N) is 1. The highest BCUT2D eigenvalue weighted by atomic mass is 16.3. The third-order valence-electron chi connectivity index (χ3n) is 3.47. The van der Waals surface area contributed by atoms with Crippen LogP contribution >= 0.6 is 0 Å². The highest BCUT2D eigenvalue weighted by Gasteiger charge is 2.22. The molecule has 1 aliphatic heterocycles. The minimum atomic E-state index is 0.0514. The first-order valence-corrected chi connectivity index (χ1v) is 6.15. The summed E-state index contributed by atoms with van der Waals surface area (Å²) in [5.74, 6) is 0.254. The lowest BCUT2D eigenvalue weighted by molar-refractivity contribution is 0.454. The molecule has 3 rings (SSSR count). The molecule has 3 heteroatoms. The summed E-state index contributed by atoms with van der Waals surface area (Å²) in [5, 5.41) is 13.5. The largest absolute Gasteiger partial charge is 0.508 e. The first kappa shape index (κ1) is 11.1. The molecule has 1 aliphatic rings. The molecule has 0 saturated carbocycles. The smallest absolute Gasteiger partial charge is 0.122 e. The molecule has 0 amide bonds. The van der Waals surface area contributed by atoms with E-state index in [1.54, 1.807) is 6.07 Å². The standard InChI is InChI=1S/C15H16N2O/c16-11-5-6-13(14(18)9-11)15-12-4-2-1-3-10(12)7-8-17-15/h1-6,9,15,17-18H,7-8,16H2. The number of rotatable bonds is 1. The van der Waals surface area contributed by atoms with Crippen molar-refractivity contribution < 1.29 is 5.11 Å². The molecular formula is C15H16N2O. The van der Waals surface area contributed by atoms with Gasteiger partial charge in [0, 0.05) is 23.9 Å². The van der Waals surface area contributed by atoms with Crippen LogP contribution in [0, 0.1) is 0 Å². The van der Waals surface area contributed by atoms with Crippen LogP contribution in [0.25, 0.3) is 0 Å². The van der Waals surface area contributed by atoms with Gasteiger partial charge in [-0.05, 0) is 23.6 Å². The van der Waals surface area contributed by atoms with Crippen molar-refractivity contribution >= 4 is 5.69 Å². The normalized spacial score (nSPS) is 18.3. The van der Waals surface area contributed by atoms with Crippen LogP contribution in [-0.4, -0.2) is 11.7 Å². The lowest BCUT2D eigenvalue weighted by Crippen LogP contribution is -2.30. The second kappa shape index (κ2) is 4.35. The Morgan fingerprint density at radius 3 is 2.78 bits per heavy atom. The van der Waals surface area contributed by atoms with Crippen molar-refractivity contribution in [2.45, 2.75) is 12.5 Å². The number of nitrogen functional groups attached to an aromatic ring is 1. The van der Waals surface area contributed by atoms with Crippen molar-refractivity contribution in [2.24, 2.45) is 0 Å². The van der Waals surface area contributed by atoms with Crippen molar-refractivity contribution in [3.8, 4) is 5.75 Å². The van der Waals surface area contributed by atoms with Crippen molar-refractivity contribution in [3.05, 3.63) is 59.2 Å². The zero-order valence-corrected chi connectivity index (χ0v) is 10.1. The summed E-state index contributed by atoms with van der Waals surface area (Å²) in [6, 6.07) is 13.7. The summed E-state index contributed by atoms with van der Waals surface area (Å²) in [6.07, 6.45) is 1.03. The fourth-order valence-electron chi connectivity index (χ4n) is 2.59. The van der Waals surface area contributed by atoms with E-state index in [0.717, 1.165) is 18.5 Å². The third-order valence-corrected chi connectivity index (χ3v) is 3.47. The summed E-state index contributed by atoms with van der Waals surface area (Å²) < 4.78 is 0. The number of aromatic hydroxyl groups is 1. The van der Waals surface area contributed by atoms with Gasteiger partial charge >= 0.3 is 0 Å². The van der Waals surface area contributed by atoms with Gasteiger partial charge in [0.05, 0.1) is 6.04 Å². The Morgan fingerprint density at radius 1 is 1.11 bits per heavy atom. The predicted molar refractivity (Wildman–Crippen MR) is 72.5 cm³/mol. The van der Waals surface area contributed by atoms with E-state index in [1.807, 2.05) is 18.2 Å². The van der Waals surface area contributed by atoms with E-state index in [4.69, 9.17) is 5.73 Å². The Morgan fingerprint density at radius 2 is 1.94 bits per heavy atom. The molecule has 0 fully saturated rings. The Kier molecular flexibility index (Phi) is 2.68. The number of hydrogen-bond donors (Lipinski definition) is 3. The van der Waals surface area contributed by atoms with Crippen LogP contribution in [0.4, 0.5) is 5.69 Å². The predicted octanol–water partition coefficient (Wildman–Crippen LogP) is 2.21. The molecule has 0 radical (unpaired) electrons. The van der Waals surface area contributed by atoms with E-state index in [0.29, 0.717) is 5.69 Å². The van der Waals surface area contributed by atoms with Crippen molar-refractivity contribution in [3.63, 3.8) is 0 Å². The van der Waals surface area contributed by atoms with Gasteiger partial charge in [-0.1, -0.05) is 30.3 Å². The highest BCUT2D eigenvalue weighted by Crippen LogP contribution is 2.34. The van der Waals surface area contributed by atoms with Crippen molar-refractivity contribution in [1.82, 2.24) is 5.32 Å². The number of hydrogen-bond acceptors (Lipinski definition) is 3. The van der Waals surface area contributed by atoms with E-state index in [2.05, 4.69) is 23.5 Å². The number of anilines is 1. The molecule has 0 aliphatic carbocycles. The van der Waals surface area contributed by atoms with Gasteiger partial charge in [0.15, 0.2) is 0 Å². The van der Waals surface area contributed by atoms with Crippen LogP contribution in [0.3, 0.4) is 0 Å². The van der Waals surface area contributed by atoms with Crippen molar-refractivity contribution in [1.29, 1.82) is 0 Å². The number of nitrogens with two attached hydrogens (primary N) is 1. The minimum absolute atomic E-state index is 0.0514. The van der Waals surface area contributed by atoms with Crippen LogP contribution < -0.4 is 11.1 Å². The van der Waals surface area contributed by atoms with Gasteiger partial charge < -0.3 is 16.2 Å². The Hall–Kier alpha value is -2.00. The van der Waals surface area contributed by atoms with Gasteiger partial charge in [-0.25, -0.2) is 0 Å². The summed E-state index contributed by atoms with van der Waals surface area (Å²) in [4.78, 5) is 0. The second-order valence-electron chi connectivity index (χ2n) is 4.65. The van der Waals surface area contributed by atoms with Gasteiger partial charge in [-0.3, -0.25) is 0 Å². The Bertz CT molecular complexity index is 580. The fraction of sp³-hybridized carbons (Fsp3) is 0.200. The monoisotopic (exact) mass is 240 g/mol. The lowest BCUT2D eigenvalue weighted by atomic mass is 9.89. The average Bonchev–Trinajstić information content (AvgIpc) is 2.38. The fourth-order valence-corrected chi connectivity index (χ4v) is 2.59. The molecule has 3 nitrogen and oxygen atoms in total. The first-order chi connectivity index (χ1) is 8.75. The van der Waals surface area contributed by atoms with E-state index < -0.39 is 0 Å². The topological polar surface area (TPSA) is 58.3 Å². The highest BCUT2D eigenvalue weighted by molar-refractivity contribution is 5.52. The maximum atomic E-state index is 10.0. The van der Waals surface area contributed by atoms with Crippen molar-refractivity contribution in [2.75, 3.05) is 12.3 Å². The number of phenols is 1. The van der Waals surface area contributed by atoms with Gasteiger partial charge in [0.2, 0.25) is 0 Å². The summed E-state index contributed by atoms with van der Waals surface area (Å²) >= 11 is 0. The molecule has 4 N–H and O–H groups in total. The van der Waals surface area contributed by atoms with Gasteiger partial charge in [0.1, 0.15) is 5.75 Å². The molecule has 92 valence electrons. The molecule has 2 aromatic rings.